The van der Waals surface area contributed by atoms with E-state index in [9.17, 15) is 19.8 Å². The average Bonchev–Trinajstić information content (AvgIpc) is 2.70. The van der Waals surface area contributed by atoms with Gasteiger partial charge in [0.15, 0.2) is 17.3 Å². The second-order valence-corrected chi connectivity index (χ2v) is 6.34. The van der Waals surface area contributed by atoms with E-state index in [1.165, 1.54) is 18.2 Å². The molecule has 0 radical (unpaired) electrons. The largest absolute Gasteiger partial charge is 0.507 e. The number of fused-ring (bicyclic) bond motifs is 2. The van der Waals surface area contributed by atoms with E-state index in [2.05, 4.69) is 5.32 Å². The van der Waals surface area contributed by atoms with Crippen molar-refractivity contribution in [2.45, 2.75) is 13.3 Å². The molecule has 0 spiro atoms. The Morgan fingerprint density at radius 1 is 0.929 bits per heavy atom. The Morgan fingerprint density at radius 3 is 2.25 bits per heavy atom. The Labute approximate surface area is 162 Å². The van der Waals surface area contributed by atoms with Crippen LogP contribution < -0.4 is 5.32 Å². The van der Waals surface area contributed by atoms with Gasteiger partial charge in [-0.2, -0.15) is 0 Å². The van der Waals surface area contributed by atoms with Gasteiger partial charge in [0.1, 0.15) is 5.75 Å². The van der Waals surface area contributed by atoms with E-state index in [1.54, 1.807) is 12.1 Å². The van der Waals surface area contributed by atoms with Crippen LogP contribution in [0, 0.1) is 0 Å². The maximum absolute atomic E-state index is 12.8. The van der Waals surface area contributed by atoms with Crippen LogP contribution in [0.2, 0.25) is 0 Å². The third kappa shape index (κ3) is 3.85. The highest BCUT2D eigenvalue weighted by Gasteiger charge is 2.35. The van der Waals surface area contributed by atoms with Gasteiger partial charge in [-0.15, -0.1) is 0 Å². The second-order valence-electron chi connectivity index (χ2n) is 6.34. The maximum atomic E-state index is 12.8. The molecule has 2 aromatic carbocycles. The van der Waals surface area contributed by atoms with Crippen molar-refractivity contribution in [1.29, 1.82) is 0 Å². The summed E-state index contributed by atoms with van der Waals surface area (Å²) in [6.45, 7) is 4.58. The van der Waals surface area contributed by atoms with Crippen molar-refractivity contribution in [3.63, 3.8) is 0 Å². The molecule has 0 aliphatic heterocycles. The van der Waals surface area contributed by atoms with Gasteiger partial charge < -0.3 is 25.0 Å². The normalized spacial score (nSPS) is 12.6. The van der Waals surface area contributed by atoms with Gasteiger partial charge in [-0.3, -0.25) is 9.59 Å². The highest BCUT2D eigenvalue weighted by atomic mass is 16.5. The van der Waals surface area contributed by atoms with Crippen LogP contribution in [0.15, 0.2) is 30.3 Å². The molecule has 0 fully saturated rings. The fourth-order valence-electron chi connectivity index (χ4n) is 3.15. The molecule has 0 aromatic heterocycles. The Bertz CT molecular complexity index is 893. The first-order valence-electron chi connectivity index (χ1n) is 9.23. The third-order valence-electron chi connectivity index (χ3n) is 4.51. The molecule has 0 amide bonds. The molecule has 2 aromatic rings. The van der Waals surface area contributed by atoms with E-state index in [0.29, 0.717) is 39.4 Å². The molecule has 0 saturated carbocycles. The third-order valence-corrected chi connectivity index (χ3v) is 4.51. The minimum absolute atomic E-state index is 0.161. The zero-order valence-corrected chi connectivity index (χ0v) is 15.7. The summed E-state index contributed by atoms with van der Waals surface area (Å²) in [5.41, 5.74) is 0.311. The van der Waals surface area contributed by atoms with Crippen LogP contribution in [-0.2, 0) is 9.47 Å². The van der Waals surface area contributed by atoms with Crippen molar-refractivity contribution in [2.24, 2.45) is 0 Å². The number of anilines is 1. The fourth-order valence-corrected chi connectivity index (χ4v) is 3.15. The highest BCUT2D eigenvalue weighted by Crippen LogP contribution is 2.42. The summed E-state index contributed by atoms with van der Waals surface area (Å²) >= 11 is 0. The van der Waals surface area contributed by atoms with Gasteiger partial charge in [0, 0.05) is 37.0 Å². The molecule has 0 saturated heterocycles. The molecule has 1 aliphatic carbocycles. The number of aromatic hydroxyl groups is 2. The lowest BCUT2D eigenvalue weighted by molar-refractivity contribution is 0.0528. The summed E-state index contributed by atoms with van der Waals surface area (Å²) in [5.74, 6) is -1.64. The van der Waals surface area contributed by atoms with Gasteiger partial charge in [0.2, 0.25) is 0 Å². The van der Waals surface area contributed by atoms with Crippen molar-refractivity contribution in [1.82, 2.24) is 0 Å². The Kier molecular flexibility index (Phi) is 6.28. The number of ether oxygens (including phenoxy) is 2. The predicted molar refractivity (Wildman–Crippen MR) is 103 cm³/mol. The molecule has 148 valence electrons. The molecule has 7 heteroatoms. The molecule has 1 aliphatic rings. The minimum atomic E-state index is -0.485. The van der Waals surface area contributed by atoms with Crippen LogP contribution in [0.25, 0.3) is 0 Å². The molecule has 7 nitrogen and oxygen atoms in total. The molecule has 0 bridgehead atoms. The Balaban J connectivity index is 1.72. The van der Waals surface area contributed by atoms with Gasteiger partial charge in [-0.05, 0) is 13.3 Å². The van der Waals surface area contributed by atoms with Crippen LogP contribution in [-0.4, -0.2) is 54.8 Å². The van der Waals surface area contributed by atoms with Crippen molar-refractivity contribution < 1.29 is 29.3 Å². The average molecular weight is 385 g/mol. The number of hydrogen-bond donors (Lipinski definition) is 3. The van der Waals surface area contributed by atoms with E-state index in [-0.39, 0.29) is 39.4 Å². The summed E-state index contributed by atoms with van der Waals surface area (Å²) < 4.78 is 10.6. The number of phenols is 2. The van der Waals surface area contributed by atoms with Gasteiger partial charge in [0.05, 0.1) is 30.0 Å². The number of nitrogens with one attached hydrogen (secondary N) is 1. The summed E-state index contributed by atoms with van der Waals surface area (Å²) in [5, 5.41) is 23.9. The predicted octanol–water partition coefficient (Wildman–Crippen LogP) is 2.73. The number of rotatable bonds is 9. The quantitative estimate of drug-likeness (QED) is 0.295. The number of carbonyl (C=O) groups is 2. The van der Waals surface area contributed by atoms with Gasteiger partial charge in [-0.1, -0.05) is 24.3 Å². The zero-order chi connectivity index (χ0) is 20.1. The molecule has 28 heavy (non-hydrogen) atoms. The standard InChI is InChI=1S/C21H23NO6/c1-2-27-10-11-28-9-5-8-22-15-12-16(23)17-18(21(15)26)20(25)14-7-4-3-6-13(14)19(17)24/h3-4,6-7,12,22-23,26H,2,5,8-11H2,1H3. The topological polar surface area (TPSA) is 105 Å². The number of benzene rings is 2. The first-order valence-corrected chi connectivity index (χ1v) is 9.23. The van der Waals surface area contributed by atoms with Gasteiger partial charge >= 0.3 is 0 Å². The second kappa shape index (κ2) is 8.86. The molecular formula is C21H23NO6. The Morgan fingerprint density at radius 2 is 1.57 bits per heavy atom. The number of ketones is 2. The number of phenolic OH excluding ortho intramolecular Hbond substituents is 2. The SMILES string of the molecule is CCOCCOCCCNc1cc(O)c2c(c1O)C(=O)c1ccccc1C2=O. The van der Waals surface area contributed by atoms with Gasteiger partial charge in [-0.25, -0.2) is 0 Å². The van der Waals surface area contributed by atoms with E-state index in [4.69, 9.17) is 9.47 Å². The fraction of sp³-hybridized carbons (Fsp3) is 0.333. The number of hydrogen-bond acceptors (Lipinski definition) is 7. The highest BCUT2D eigenvalue weighted by molar-refractivity contribution is 6.30. The lowest BCUT2D eigenvalue weighted by Crippen LogP contribution is -2.21. The van der Waals surface area contributed by atoms with Crippen LogP contribution >= 0.6 is 0 Å². The minimum Gasteiger partial charge on any atom is -0.507 e. The zero-order valence-electron chi connectivity index (χ0n) is 15.7. The lowest BCUT2D eigenvalue weighted by atomic mass is 9.82. The molecule has 0 atom stereocenters. The van der Waals surface area contributed by atoms with Crippen molar-refractivity contribution in [2.75, 3.05) is 38.3 Å². The summed E-state index contributed by atoms with van der Waals surface area (Å²) in [6.07, 6.45) is 0.652. The monoisotopic (exact) mass is 385 g/mol. The van der Waals surface area contributed by atoms with Crippen molar-refractivity contribution >= 4 is 17.3 Å². The van der Waals surface area contributed by atoms with Crippen LogP contribution in [0.1, 0.15) is 45.2 Å². The van der Waals surface area contributed by atoms with Crippen LogP contribution in [0.4, 0.5) is 5.69 Å². The molecular weight excluding hydrogens is 362 g/mol. The summed E-state index contributed by atoms with van der Waals surface area (Å²) in [7, 11) is 0. The summed E-state index contributed by atoms with van der Waals surface area (Å²) in [6, 6.07) is 7.64. The van der Waals surface area contributed by atoms with Crippen molar-refractivity contribution in [3.8, 4) is 11.5 Å². The lowest BCUT2D eigenvalue weighted by Gasteiger charge is -2.21. The van der Waals surface area contributed by atoms with E-state index in [1.807, 2.05) is 6.92 Å². The molecule has 0 heterocycles. The first kappa shape index (κ1) is 19.9. The molecule has 3 rings (SSSR count). The van der Waals surface area contributed by atoms with E-state index >= 15 is 0 Å². The van der Waals surface area contributed by atoms with Crippen molar-refractivity contribution in [3.05, 3.63) is 52.6 Å². The molecule has 3 N–H and O–H groups in total. The van der Waals surface area contributed by atoms with Gasteiger partial charge in [0.25, 0.3) is 0 Å². The van der Waals surface area contributed by atoms with E-state index in [0.717, 1.165) is 0 Å². The maximum Gasteiger partial charge on any atom is 0.198 e. The number of carbonyl (C=O) groups excluding carboxylic acids is 2. The first-order chi connectivity index (χ1) is 13.6. The van der Waals surface area contributed by atoms with E-state index < -0.39 is 11.6 Å². The molecule has 0 unspecified atom stereocenters. The smallest absolute Gasteiger partial charge is 0.198 e. The van der Waals surface area contributed by atoms with Crippen LogP contribution in [0.3, 0.4) is 0 Å². The Hall–Kier alpha value is -2.90. The van der Waals surface area contributed by atoms with Crippen LogP contribution in [0.5, 0.6) is 11.5 Å². The summed E-state index contributed by atoms with van der Waals surface area (Å²) in [4.78, 5) is 25.5.